The van der Waals surface area contributed by atoms with Crippen molar-refractivity contribution < 1.29 is 23.9 Å². The smallest absolute Gasteiger partial charge is 0.467 e. The van der Waals surface area contributed by atoms with Gasteiger partial charge in [0.25, 0.3) is 0 Å². The zero-order valence-corrected chi connectivity index (χ0v) is 9.49. The second-order valence-corrected chi connectivity index (χ2v) is 3.55. The van der Waals surface area contributed by atoms with Gasteiger partial charge in [-0.15, -0.1) is 0 Å². The van der Waals surface area contributed by atoms with Crippen molar-refractivity contribution in [2.75, 3.05) is 13.9 Å². The van der Waals surface area contributed by atoms with E-state index in [0.29, 0.717) is 4.47 Å². The second kappa shape index (κ2) is 5.46. The van der Waals surface area contributed by atoms with Crippen LogP contribution in [0.15, 0.2) is 16.6 Å². The lowest BCUT2D eigenvalue weighted by molar-refractivity contribution is 0.0510. The molecular formula is C8H9BBrFO4. The van der Waals surface area contributed by atoms with E-state index < -0.39 is 12.9 Å². The van der Waals surface area contributed by atoms with Gasteiger partial charge in [0.2, 0.25) is 0 Å². The number of halogens is 2. The fourth-order valence-corrected chi connectivity index (χ4v) is 1.51. The molecule has 1 aromatic rings. The number of rotatable bonds is 4. The minimum atomic E-state index is -1.94. The maximum absolute atomic E-state index is 13.2. The normalized spacial score (nSPS) is 10.2. The highest BCUT2D eigenvalue weighted by molar-refractivity contribution is 9.10. The van der Waals surface area contributed by atoms with Crippen molar-refractivity contribution in [3.63, 3.8) is 0 Å². The highest BCUT2D eigenvalue weighted by atomic mass is 79.9. The van der Waals surface area contributed by atoms with Crippen LogP contribution in [-0.4, -0.2) is 31.1 Å². The van der Waals surface area contributed by atoms with Crippen LogP contribution in [0.4, 0.5) is 4.39 Å². The van der Waals surface area contributed by atoms with Crippen LogP contribution in [-0.2, 0) is 4.74 Å². The van der Waals surface area contributed by atoms with Crippen molar-refractivity contribution in [1.29, 1.82) is 0 Å². The van der Waals surface area contributed by atoms with Crippen LogP contribution >= 0.6 is 15.9 Å². The maximum Gasteiger partial charge on any atom is 0.495 e. The Bertz CT molecular complexity index is 348. The number of ether oxygens (including phenoxy) is 2. The summed E-state index contributed by atoms with van der Waals surface area (Å²) in [6.07, 6.45) is 0. The zero-order valence-electron chi connectivity index (χ0n) is 7.91. The first-order valence-corrected chi connectivity index (χ1v) is 4.83. The highest BCUT2D eigenvalue weighted by Gasteiger charge is 2.24. The first-order chi connectivity index (χ1) is 7.07. The van der Waals surface area contributed by atoms with Gasteiger partial charge in [0.15, 0.2) is 6.79 Å². The largest absolute Gasteiger partial charge is 0.495 e. The van der Waals surface area contributed by atoms with Crippen LogP contribution in [0.1, 0.15) is 0 Å². The third-order valence-corrected chi connectivity index (χ3v) is 2.30. The number of hydrogen-bond acceptors (Lipinski definition) is 4. The summed E-state index contributed by atoms with van der Waals surface area (Å²) in [5.41, 5.74) is -0.318. The van der Waals surface area contributed by atoms with Gasteiger partial charge in [-0.1, -0.05) is 0 Å². The first-order valence-electron chi connectivity index (χ1n) is 4.03. The minimum absolute atomic E-state index is 0.0202. The van der Waals surface area contributed by atoms with E-state index in [0.717, 1.165) is 6.07 Å². The van der Waals surface area contributed by atoms with Crippen LogP contribution in [0, 0.1) is 5.82 Å². The summed E-state index contributed by atoms with van der Waals surface area (Å²) >= 11 is 3.11. The van der Waals surface area contributed by atoms with E-state index in [1.165, 1.54) is 13.2 Å². The molecular weight excluding hydrogens is 270 g/mol. The molecule has 0 atom stereocenters. The topological polar surface area (TPSA) is 58.9 Å². The van der Waals surface area contributed by atoms with Gasteiger partial charge in [-0.05, 0) is 28.1 Å². The molecule has 1 rings (SSSR count). The Morgan fingerprint density at radius 3 is 2.67 bits per heavy atom. The summed E-state index contributed by atoms with van der Waals surface area (Å²) in [5.74, 6) is -0.730. The van der Waals surface area contributed by atoms with Crippen molar-refractivity contribution in [2.24, 2.45) is 0 Å². The van der Waals surface area contributed by atoms with Crippen molar-refractivity contribution in [1.82, 2.24) is 0 Å². The molecule has 0 fully saturated rings. The van der Waals surface area contributed by atoms with Gasteiger partial charge < -0.3 is 19.5 Å². The quantitative estimate of drug-likeness (QED) is 0.612. The molecule has 0 aromatic heterocycles. The predicted molar refractivity (Wildman–Crippen MR) is 56.4 cm³/mol. The average molecular weight is 279 g/mol. The molecule has 0 saturated carbocycles. The second-order valence-electron chi connectivity index (χ2n) is 2.70. The summed E-state index contributed by atoms with van der Waals surface area (Å²) < 4.78 is 23.3. The van der Waals surface area contributed by atoms with Gasteiger partial charge in [-0.25, -0.2) is 4.39 Å². The predicted octanol–water partition coefficient (Wildman–Crippen LogP) is 0.251. The van der Waals surface area contributed by atoms with Crippen molar-refractivity contribution >= 4 is 28.5 Å². The molecule has 0 bridgehead atoms. The maximum atomic E-state index is 13.2. The highest BCUT2D eigenvalue weighted by Crippen LogP contribution is 2.24. The van der Waals surface area contributed by atoms with Gasteiger partial charge in [0.05, 0.1) is 9.94 Å². The molecule has 2 N–H and O–H groups in total. The van der Waals surface area contributed by atoms with Crippen molar-refractivity contribution in [3.8, 4) is 5.75 Å². The van der Waals surface area contributed by atoms with E-state index >= 15 is 0 Å². The molecule has 15 heavy (non-hydrogen) atoms. The van der Waals surface area contributed by atoms with Crippen molar-refractivity contribution in [2.45, 2.75) is 0 Å². The minimum Gasteiger partial charge on any atom is -0.467 e. The molecule has 4 nitrogen and oxygen atoms in total. The summed E-state index contributed by atoms with van der Waals surface area (Å²) in [5, 5.41) is 18.0. The summed E-state index contributed by atoms with van der Waals surface area (Å²) in [6.45, 7) is -0.109. The van der Waals surface area contributed by atoms with Crippen LogP contribution in [0.3, 0.4) is 0 Å². The van der Waals surface area contributed by atoms with E-state index in [1.807, 2.05) is 0 Å². The molecule has 0 amide bonds. The Hall–Kier alpha value is -0.625. The third-order valence-electron chi connectivity index (χ3n) is 1.67. The van der Waals surface area contributed by atoms with Gasteiger partial charge in [-0.3, -0.25) is 0 Å². The first kappa shape index (κ1) is 12.4. The summed E-state index contributed by atoms with van der Waals surface area (Å²) in [4.78, 5) is 0. The van der Waals surface area contributed by atoms with Gasteiger partial charge in [0, 0.05) is 7.11 Å². The molecule has 0 saturated heterocycles. The number of methoxy groups -OCH3 is 1. The SMILES string of the molecule is COCOc1c(Br)ccc(F)c1B(O)O. The number of hydrogen-bond donors (Lipinski definition) is 2. The Morgan fingerprint density at radius 1 is 1.47 bits per heavy atom. The average Bonchev–Trinajstić information content (AvgIpc) is 2.18. The molecule has 0 aliphatic rings. The van der Waals surface area contributed by atoms with E-state index in [1.54, 1.807) is 0 Å². The third kappa shape index (κ3) is 2.91. The molecule has 1 aromatic carbocycles. The Balaban J connectivity index is 3.13. The molecule has 0 aliphatic carbocycles. The van der Waals surface area contributed by atoms with E-state index in [4.69, 9.17) is 14.8 Å². The van der Waals surface area contributed by atoms with Crippen LogP contribution < -0.4 is 10.2 Å². The van der Waals surface area contributed by atoms with E-state index in [-0.39, 0.29) is 18.0 Å². The van der Waals surface area contributed by atoms with Crippen molar-refractivity contribution in [3.05, 3.63) is 22.4 Å². The lowest BCUT2D eigenvalue weighted by atomic mass is 9.79. The Morgan fingerprint density at radius 2 is 2.13 bits per heavy atom. The standard InChI is InChI=1S/C8H9BBrFO4/c1-14-4-15-8-5(10)2-3-6(11)7(8)9(12)13/h2-3,12-13H,4H2,1H3. The molecule has 0 radical (unpaired) electrons. The molecule has 0 unspecified atom stereocenters. The zero-order chi connectivity index (χ0) is 11.4. The fraction of sp³-hybridized carbons (Fsp3) is 0.250. The summed E-state index contributed by atoms with van der Waals surface area (Å²) in [6, 6.07) is 2.52. The molecule has 0 aliphatic heterocycles. The van der Waals surface area contributed by atoms with Crippen LogP contribution in [0.2, 0.25) is 0 Å². The van der Waals surface area contributed by atoms with Gasteiger partial charge in [0.1, 0.15) is 11.6 Å². The van der Waals surface area contributed by atoms with Gasteiger partial charge in [-0.2, -0.15) is 0 Å². The molecule has 0 heterocycles. The lowest BCUT2D eigenvalue weighted by Crippen LogP contribution is -2.34. The Kier molecular flexibility index (Phi) is 4.53. The fourth-order valence-electron chi connectivity index (χ4n) is 1.05. The van der Waals surface area contributed by atoms with Crippen LogP contribution in [0.5, 0.6) is 5.75 Å². The van der Waals surface area contributed by atoms with Crippen LogP contribution in [0.25, 0.3) is 0 Å². The monoisotopic (exact) mass is 278 g/mol. The number of benzene rings is 1. The molecule has 0 spiro atoms. The van der Waals surface area contributed by atoms with Gasteiger partial charge >= 0.3 is 7.12 Å². The molecule has 7 heteroatoms. The summed E-state index contributed by atoms with van der Waals surface area (Å²) in [7, 11) is -0.531. The molecule has 82 valence electrons. The Labute approximate surface area is 94.9 Å². The lowest BCUT2D eigenvalue weighted by Gasteiger charge is -2.12. The van der Waals surface area contributed by atoms with E-state index in [9.17, 15) is 4.39 Å². The van der Waals surface area contributed by atoms with E-state index in [2.05, 4.69) is 20.7 Å².